The van der Waals surface area contributed by atoms with Crippen molar-refractivity contribution in [1.82, 2.24) is 34.9 Å². The molecule has 4 aromatic heterocycles. The number of aromatic nitrogens is 7. The van der Waals surface area contributed by atoms with Crippen LogP contribution in [0.15, 0.2) is 71.5 Å². The van der Waals surface area contributed by atoms with E-state index in [9.17, 15) is 0 Å². The van der Waals surface area contributed by atoms with Crippen LogP contribution in [0.3, 0.4) is 0 Å². The van der Waals surface area contributed by atoms with Gasteiger partial charge in [-0.15, -0.1) is 15.3 Å². The quantitative estimate of drug-likeness (QED) is 0.343. The molecule has 0 aliphatic rings. The molecule has 0 fully saturated rings. The maximum atomic E-state index is 6.58. The summed E-state index contributed by atoms with van der Waals surface area (Å²) in [6.45, 7) is 3.92. The number of benzene rings is 1. The molecule has 5 aromatic rings. The fourth-order valence-electron chi connectivity index (χ4n) is 3.53. The van der Waals surface area contributed by atoms with E-state index in [-0.39, 0.29) is 6.04 Å². The van der Waals surface area contributed by atoms with Crippen molar-refractivity contribution >= 4 is 17.6 Å². The third kappa shape index (κ3) is 4.01. The van der Waals surface area contributed by atoms with Gasteiger partial charge in [0.15, 0.2) is 11.6 Å². The monoisotopic (exact) mass is 472 g/mol. The van der Waals surface area contributed by atoms with Crippen molar-refractivity contribution in [1.29, 1.82) is 0 Å². The van der Waals surface area contributed by atoms with Gasteiger partial charge in [0, 0.05) is 36.9 Å². The van der Waals surface area contributed by atoms with Crippen LogP contribution in [0.5, 0.6) is 0 Å². The van der Waals surface area contributed by atoms with Gasteiger partial charge in [-0.1, -0.05) is 28.8 Å². The molecule has 1 aromatic carbocycles. The highest BCUT2D eigenvalue weighted by molar-refractivity contribution is 6.32. The Balaban J connectivity index is 1.54. The number of hydrogen-bond acceptors (Lipinski definition) is 8. The zero-order chi connectivity index (χ0) is 23.7. The van der Waals surface area contributed by atoms with Gasteiger partial charge < -0.3 is 9.32 Å². The highest BCUT2D eigenvalue weighted by atomic mass is 35.5. The van der Waals surface area contributed by atoms with E-state index >= 15 is 0 Å². The molecular weight excluding hydrogens is 452 g/mol. The zero-order valence-corrected chi connectivity index (χ0v) is 19.5. The molecule has 4 heterocycles. The minimum atomic E-state index is -0.274. The first-order valence-electron chi connectivity index (χ1n) is 10.6. The first-order valence-corrected chi connectivity index (χ1v) is 11.0. The van der Waals surface area contributed by atoms with Gasteiger partial charge in [0.2, 0.25) is 0 Å². The fourth-order valence-corrected chi connectivity index (χ4v) is 3.75. The number of anilines is 1. The Kier molecular flexibility index (Phi) is 5.77. The van der Waals surface area contributed by atoms with Crippen LogP contribution in [-0.2, 0) is 0 Å². The molecule has 10 heteroatoms. The molecule has 9 nitrogen and oxygen atoms in total. The Morgan fingerprint density at radius 3 is 2.47 bits per heavy atom. The molecule has 0 N–H and O–H groups in total. The normalized spacial score (nSPS) is 12.0. The van der Waals surface area contributed by atoms with Crippen molar-refractivity contribution in [3.05, 3.63) is 83.7 Å². The lowest BCUT2D eigenvalue weighted by atomic mass is 10.2. The maximum absolute atomic E-state index is 6.58. The number of nitrogens with zero attached hydrogens (tertiary/aromatic N) is 8. The van der Waals surface area contributed by atoms with Gasteiger partial charge in [0.25, 0.3) is 5.89 Å². The number of halogens is 1. The van der Waals surface area contributed by atoms with E-state index < -0.39 is 0 Å². The SMILES string of the molecule is Cc1ccc(-c2nnc(N(C)C(C)c3nnc(-c4ccncc4)n3-c3ccccc3Cl)o2)cn1. The number of pyridine rings is 2. The topological polar surface area (TPSA) is 98.7 Å². The van der Waals surface area contributed by atoms with E-state index in [0.29, 0.717) is 28.6 Å². The summed E-state index contributed by atoms with van der Waals surface area (Å²) in [5.74, 6) is 1.72. The summed E-state index contributed by atoms with van der Waals surface area (Å²) in [7, 11) is 1.87. The zero-order valence-electron chi connectivity index (χ0n) is 18.8. The van der Waals surface area contributed by atoms with Gasteiger partial charge >= 0.3 is 6.01 Å². The van der Waals surface area contributed by atoms with E-state index in [2.05, 4.69) is 30.4 Å². The summed E-state index contributed by atoms with van der Waals surface area (Å²) >= 11 is 6.58. The minimum absolute atomic E-state index is 0.274. The Labute approximate surface area is 201 Å². The van der Waals surface area contributed by atoms with Gasteiger partial charge in [-0.25, -0.2) is 0 Å². The summed E-state index contributed by atoms with van der Waals surface area (Å²) in [6.07, 6.45) is 5.15. The molecule has 0 spiro atoms. The third-order valence-electron chi connectivity index (χ3n) is 5.55. The number of hydrogen-bond donors (Lipinski definition) is 0. The van der Waals surface area contributed by atoms with E-state index in [1.54, 1.807) is 18.6 Å². The molecular formula is C24H21ClN8O. The summed E-state index contributed by atoms with van der Waals surface area (Å²) in [5.41, 5.74) is 3.31. The lowest BCUT2D eigenvalue weighted by Gasteiger charge is -2.23. The molecule has 170 valence electrons. The van der Waals surface area contributed by atoms with E-state index in [0.717, 1.165) is 22.5 Å². The van der Waals surface area contributed by atoms with E-state index in [1.165, 1.54) is 0 Å². The Morgan fingerprint density at radius 2 is 1.74 bits per heavy atom. The first kappa shape index (κ1) is 21.7. The molecule has 1 atom stereocenters. The highest BCUT2D eigenvalue weighted by Gasteiger charge is 2.27. The second-order valence-electron chi connectivity index (χ2n) is 7.77. The lowest BCUT2D eigenvalue weighted by molar-refractivity contribution is 0.525. The van der Waals surface area contributed by atoms with Crippen LogP contribution in [-0.4, -0.2) is 42.0 Å². The molecule has 0 saturated heterocycles. The van der Waals surface area contributed by atoms with Crippen LogP contribution in [0.25, 0.3) is 28.5 Å². The number of para-hydroxylation sites is 1. The van der Waals surface area contributed by atoms with Crippen LogP contribution >= 0.6 is 11.6 Å². The molecule has 1 unspecified atom stereocenters. The van der Waals surface area contributed by atoms with Crippen LogP contribution in [0.1, 0.15) is 24.5 Å². The van der Waals surface area contributed by atoms with Crippen LogP contribution in [0, 0.1) is 6.92 Å². The molecule has 34 heavy (non-hydrogen) atoms. The third-order valence-corrected chi connectivity index (χ3v) is 5.87. The van der Waals surface area contributed by atoms with Crippen LogP contribution < -0.4 is 4.90 Å². The second kappa shape index (κ2) is 9.03. The average Bonchev–Trinajstić information content (AvgIpc) is 3.53. The molecule has 5 rings (SSSR count). The Hall–Kier alpha value is -4.11. The van der Waals surface area contributed by atoms with Crippen molar-refractivity contribution in [2.24, 2.45) is 0 Å². The van der Waals surface area contributed by atoms with Crippen LogP contribution in [0.4, 0.5) is 6.01 Å². The molecule has 0 amide bonds. The van der Waals surface area contributed by atoms with Crippen molar-refractivity contribution in [3.63, 3.8) is 0 Å². The smallest absolute Gasteiger partial charge is 0.318 e. The van der Waals surface area contributed by atoms with Gasteiger partial charge in [-0.3, -0.25) is 14.5 Å². The predicted molar refractivity (Wildman–Crippen MR) is 129 cm³/mol. The van der Waals surface area contributed by atoms with Gasteiger partial charge in [0.05, 0.1) is 22.3 Å². The van der Waals surface area contributed by atoms with Gasteiger partial charge in [0.1, 0.15) is 0 Å². The molecule has 0 aliphatic heterocycles. The van der Waals surface area contributed by atoms with Crippen molar-refractivity contribution in [2.45, 2.75) is 19.9 Å². The van der Waals surface area contributed by atoms with E-state index in [4.69, 9.17) is 16.0 Å². The minimum Gasteiger partial charge on any atom is -0.403 e. The predicted octanol–water partition coefficient (Wildman–Crippen LogP) is 4.93. The summed E-state index contributed by atoms with van der Waals surface area (Å²) in [6, 6.07) is 15.2. The first-order chi connectivity index (χ1) is 16.5. The molecule has 0 bridgehead atoms. The van der Waals surface area contributed by atoms with Gasteiger partial charge in [-0.05, 0) is 50.2 Å². The second-order valence-corrected chi connectivity index (χ2v) is 8.18. The van der Waals surface area contributed by atoms with Gasteiger partial charge in [-0.2, -0.15) is 0 Å². The fraction of sp³-hybridized carbons (Fsp3) is 0.167. The Bertz CT molecular complexity index is 1410. The maximum Gasteiger partial charge on any atom is 0.318 e. The molecule has 0 radical (unpaired) electrons. The molecule has 0 saturated carbocycles. The van der Waals surface area contributed by atoms with E-state index in [1.807, 2.05) is 78.9 Å². The summed E-state index contributed by atoms with van der Waals surface area (Å²) in [4.78, 5) is 10.3. The molecule has 0 aliphatic carbocycles. The number of rotatable bonds is 6. The largest absolute Gasteiger partial charge is 0.403 e. The standard InChI is InChI=1S/C24H21ClN8O/c1-15-8-9-18(14-27-15)23-30-31-24(34-23)32(3)16(2)21-28-29-22(17-10-12-26-13-11-17)33(21)20-7-5-4-6-19(20)25/h4-14,16H,1-3H3. The Morgan fingerprint density at radius 1 is 0.941 bits per heavy atom. The van der Waals surface area contributed by atoms with Crippen LogP contribution in [0.2, 0.25) is 5.02 Å². The lowest BCUT2D eigenvalue weighted by Crippen LogP contribution is -2.25. The van der Waals surface area contributed by atoms with Crippen molar-refractivity contribution in [2.75, 3.05) is 11.9 Å². The van der Waals surface area contributed by atoms with Crippen molar-refractivity contribution in [3.8, 4) is 28.5 Å². The average molecular weight is 473 g/mol. The summed E-state index contributed by atoms with van der Waals surface area (Å²) in [5, 5.41) is 18.0. The number of aryl methyl sites for hydroxylation is 1. The van der Waals surface area contributed by atoms with Crippen molar-refractivity contribution < 1.29 is 4.42 Å². The summed E-state index contributed by atoms with van der Waals surface area (Å²) < 4.78 is 7.89. The highest BCUT2D eigenvalue weighted by Crippen LogP contribution is 2.32.